The van der Waals surface area contributed by atoms with E-state index in [1.807, 2.05) is 18.2 Å². The molecule has 1 heterocycles. The lowest BCUT2D eigenvalue weighted by molar-refractivity contribution is -0.122. The largest absolute Gasteiger partial charge is 0.493 e. The van der Waals surface area contributed by atoms with Gasteiger partial charge < -0.3 is 29.7 Å². The third kappa shape index (κ3) is 9.54. The highest BCUT2D eigenvalue weighted by Gasteiger charge is 2.21. The summed E-state index contributed by atoms with van der Waals surface area (Å²) in [5.41, 5.74) is 1.14. The number of nitrogens with one attached hydrogen (secondary N) is 2. The van der Waals surface area contributed by atoms with Crippen molar-refractivity contribution in [3.63, 3.8) is 0 Å². The third-order valence-electron chi connectivity index (χ3n) is 4.99. The topological polar surface area (TPSA) is 87.7 Å². The molecule has 0 spiro atoms. The number of carbonyl (C=O) groups excluding carboxylic acids is 1. The fourth-order valence-electron chi connectivity index (χ4n) is 3.32. The SMILES string of the molecule is CN=C(NCc1cccc(OCCCOC)c1)N1CCN(CC(=O)NCCOC)CC1. The smallest absolute Gasteiger partial charge is 0.234 e. The molecule has 0 aliphatic carbocycles. The summed E-state index contributed by atoms with van der Waals surface area (Å²) in [7, 11) is 5.12. The van der Waals surface area contributed by atoms with E-state index in [4.69, 9.17) is 14.2 Å². The Morgan fingerprint density at radius 2 is 1.84 bits per heavy atom. The van der Waals surface area contributed by atoms with Crippen molar-refractivity contribution >= 4 is 11.9 Å². The summed E-state index contributed by atoms with van der Waals surface area (Å²) in [6.07, 6.45) is 0.867. The molecule has 1 aromatic rings. The molecular weight excluding hydrogens is 398 g/mol. The molecule has 1 aromatic carbocycles. The van der Waals surface area contributed by atoms with Crippen molar-refractivity contribution in [1.82, 2.24) is 20.4 Å². The minimum Gasteiger partial charge on any atom is -0.493 e. The zero-order chi connectivity index (χ0) is 22.3. The van der Waals surface area contributed by atoms with Gasteiger partial charge in [-0.05, 0) is 17.7 Å². The predicted octanol–water partition coefficient (Wildman–Crippen LogP) is 0.558. The van der Waals surface area contributed by atoms with Crippen LogP contribution in [0.4, 0.5) is 0 Å². The Balaban J connectivity index is 1.73. The molecule has 1 fully saturated rings. The van der Waals surface area contributed by atoms with Gasteiger partial charge in [-0.2, -0.15) is 0 Å². The highest BCUT2D eigenvalue weighted by molar-refractivity contribution is 5.80. The van der Waals surface area contributed by atoms with Gasteiger partial charge in [0.1, 0.15) is 5.75 Å². The molecule has 0 atom stereocenters. The minimum atomic E-state index is 0.0392. The number of amides is 1. The Labute approximate surface area is 185 Å². The molecule has 2 rings (SSSR count). The molecule has 0 bridgehead atoms. The standard InChI is InChI=1S/C22H37N5O4/c1-23-22(25-17-19-6-4-7-20(16-19)31-14-5-13-29-2)27-11-9-26(10-12-27)18-21(28)24-8-15-30-3/h4,6-7,16H,5,8-15,17-18H2,1-3H3,(H,23,25)(H,24,28). The summed E-state index contributed by atoms with van der Waals surface area (Å²) < 4.78 is 15.8. The first-order valence-corrected chi connectivity index (χ1v) is 10.8. The number of benzene rings is 1. The van der Waals surface area contributed by atoms with Crippen LogP contribution in [0.1, 0.15) is 12.0 Å². The number of methoxy groups -OCH3 is 2. The number of aliphatic imine (C=N–C) groups is 1. The zero-order valence-corrected chi connectivity index (χ0v) is 19.1. The van der Waals surface area contributed by atoms with E-state index in [-0.39, 0.29) is 5.91 Å². The van der Waals surface area contributed by atoms with E-state index in [1.54, 1.807) is 21.3 Å². The van der Waals surface area contributed by atoms with Gasteiger partial charge in [-0.3, -0.25) is 14.7 Å². The van der Waals surface area contributed by atoms with Gasteiger partial charge in [0.15, 0.2) is 5.96 Å². The van der Waals surface area contributed by atoms with Crippen molar-refractivity contribution < 1.29 is 19.0 Å². The van der Waals surface area contributed by atoms with Crippen molar-refractivity contribution in [3.8, 4) is 5.75 Å². The van der Waals surface area contributed by atoms with Crippen LogP contribution in [0.5, 0.6) is 5.75 Å². The zero-order valence-electron chi connectivity index (χ0n) is 19.1. The molecular formula is C22H37N5O4. The van der Waals surface area contributed by atoms with E-state index in [1.165, 1.54) is 0 Å². The third-order valence-corrected chi connectivity index (χ3v) is 4.99. The summed E-state index contributed by atoms with van der Waals surface area (Å²) in [5, 5.41) is 6.30. The molecule has 0 saturated carbocycles. The lowest BCUT2D eigenvalue weighted by atomic mass is 10.2. The van der Waals surface area contributed by atoms with Gasteiger partial charge in [0, 0.05) is 73.6 Å². The molecule has 174 valence electrons. The van der Waals surface area contributed by atoms with Crippen LogP contribution in [-0.2, 0) is 20.8 Å². The van der Waals surface area contributed by atoms with Crippen molar-refractivity contribution in [2.75, 3.05) is 80.4 Å². The molecule has 9 nitrogen and oxygen atoms in total. The number of carbonyl (C=O) groups is 1. The van der Waals surface area contributed by atoms with Gasteiger partial charge in [0.05, 0.1) is 19.8 Å². The normalized spacial score (nSPS) is 15.1. The molecule has 1 saturated heterocycles. The maximum absolute atomic E-state index is 12.0. The van der Waals surface area contributed by atoms with Gasteiger partial charge in [-0.1, -0.05) is 12.1 Å². The van der Waals surface area contributed by atoms with Gasteiger partial charge >= 0.3 is 0 Å². The van der Waals surface area contributed by atoms with E-state index in [0.29, 0.717) is 39.5 Å². The molecule has 9 heteroatoms. The van der Waals surface area contributed by atoms with Crippen LogP contribution in [-0.4, -0.2) is 102 Å². The second-order valence-electron chi connectivity index (χ2n) is 7.35. The maximum Gasteiger partial charge on any atom is 0.234 e. The number of hydrogen-bond donors (Lipinski definition) is 2. The van der Waals surface area contributed by atoms with Gasteiger partial charge in [-0.25, -0.2) is 0 Å². The Morgan fingerprint density at radius 3 is 2.55 bits per heavy atom. The molecule has 0 radical (unpaired) electrons. The lowest BCUT2D eigenvalue weighted by Crippen LogP contribution is -2.54. The highest BCUT2D eigenvalue weighted by Crippen LogP contribution is 2.14. The summed E-state index contributed by atoms with van der Waals surface area (Å²) >= 11 is 0. The lowest BCUT2D eigenvalue weighted by Gasteiger charge is -2.36. The van der Waals surface area contributed by atoms with Crippen LogP contribution in [0.15, 0.2) is 29.3 Å². The average Bonchev–Trinajstić information content (AvgIpc) is 2.79. The second-order valence-corrected chi connectivity index (χ2v) is 7.35. The summed E-state index contributed by atoms with van der Waals surface area (Å²) in [6, 6.07) is 8.09. The summed E-state index contributed by atoms with van der Waals surface area (Å²) in [6.45, 7) is 6.80. The number of guanidine groups is 1. The van der Waals surface area contributed by atoms with E-state index < -0.39 is 0 Å². The maximum atomic E-state index is 12.0. The molecule has 1 aliphatic heterocycles. The quantitative estimate of drug-likeness (QED) is 0.282. The van der Waals surface area contributed by atoms with Crippen LogP contribution >= 0.6 is 0 Å². The first-order chi connectivity index (χ1) is 15.2. The number of piperazine rings is 1. The molecule has 0 aromatic heterocycles. The van der Waals surface area contributed by atoms with Crippen LogP contribution in [0.3, 0.4) is 0 Å². The van der Waals surface area contributed by atoms with E-state index >= 15 is 0 Å². The van der Waals surface area contributed by atoms with Crippen molar-refractivity contribution in [1.29, 1.82) is 0 Å². The Bertz CT molecular complexity index is 678. The monoisotopic (exact) mass is 435 g/mol. The first kappa shape index (κ1) is 24.9. The minimum absolute atomic E-state index is 0.0392. The summed E-state index contributed by atoms with van der Waals surface area (Å²) in [5.74, 6) is 1.77. The van der Waals surface area contributed by atoms with Crippen LogP contribution < -0.4 is 15.4 Å². The molecule has 0 unspecified atom stereocenters. The fourth-order valence-corrected chi connectivity index (χ4v) is 3.32. The van der Waals surface area contributed by atoms with Crippen molar-refractivity contribution in [3.05, 3.63) is 29.8 Å². The summed E-state index contributed by atoms with van der Waals surface area (Å²) in [4.78, 5) is 20.8. The van der Waals surface area contributed by atoms with Crippen LogP contribution in [0.25, 0.3) is 0 Å². The molecule has 2 N–H and O–H groups in total. The number of rotatable bonds is 12. The van der Waals surface area contributed by atoms with Gasteiger partial charge in [0.2, 0.25) is 5.91 Å². The number of hydrogen-bond acceptors (Lipinski definition) is 6. The predicted molar refractivity (Wildman–Crippen MR) is 122 cm³/mol. The van der Waals surface area contributed by atoms with E-state index in [0.717, 1.165) is 49.9 Å². The molecule has 1 amide bonds. The second kappa shape index (κ2) is 14.6. The fraction of sp³-hybridized carbons (Fsp3) is 0.636. The Hall–Kier alpha value is -2.36. The average molecular weight is 436 g/mol. The van der Waals surface area contributed by atoms with E-state index in [2.05, 4.69) is 31.5 Å². The van der Waals surface area contributed by atoms with Crippen molar-refractivity contribution in [2.24, 2.45) is 4.99 Å². The number of ether oxygens (including phenoxy) is 3. The number of nitrogens with zero attached hydrogens (tertiary/aromatic N) is 3. The molecule has 31 heavy (non-hydrogen) atoms. The first-order valence-electron chi connectivity index (χ1n) is 10.8. The Morgan fingerprint density at radius 1 is 1.06 bits per heavy atom. The van der Waals surface area contributed by atoms with Gasteiger partial charge in [-0.15, -0.1) is 0 Å². The Kier molecular flexibility index (Phi) is 11.7. The van der Waals surface area contributed by atoms with E-state index in [9.17, 15) is 4.79 Å². The highest BCUT2D eigenvalue weighted by atomic mass is 16.5. The molecule has 1 aliphatic rings. The van der Waals surface area contributed by atoms with Crippen LogP contribution in [0, 0.1) is 0 Å². The van der Waals surface area contributed by atoms with Crippen molar-refractivity contribution in [2.45, 2.75) is 13.0 Å². The van der Waals surface area contributed by atoms with Crippen LogP contribution in [0.2, 0.25) is 0 Å². The van der Waals surface area contributed by atoms with Gasteiger partial charge in [0.25, 0.3) is 0 Å².